The molecule has 0 unspecified atom stereocenters. The molecule has 1 aromatic heterocycles. The van der Waals surface area contributed by atoms with Gasteiger partial charge >= 0.3 is 5.97 Å². The van der Waals surface area contributed by atoms with Crippen molar-refractivity contribution in [1.82, 2.24) is 19.7 Å². The highest BCUT2D eigenvalue weighted by molar-refractivity contribution is 7.89. The number of anilines is 3. The Morgan fingerprint density at radius 2 is 1.82 bits per heavy atom. The molecule has 11 nitrogen and oxygen atoms in total. The second-order valence-corrected chi connectivity index (χ2v) is 8.81. The van der Waals surface area contributed by atoms with Crippen molar-refractivity contribution < 1.29 is 22.7 Å². The number of nitrogens with zero attached hydrogens (tertiary/aromatic N) is 3. The van der Waals surface area contributed by atoms with E-state index in [-0.39, 0.29) is 29.2 Å². The summed E-state index contributed by atoms with van der Waals surface area (Å²) >= 11 is 5.77. The lowest BCUT2D eigenvalue weighted by molar-refractivity contribution is -0.146. The third-order valence-corrected chi connectivity index (χ3v) is 6.01. The molecular formula is C20H21ClN6O5S. The summed E-state index contributed by atoms with van der Waals surface area (Å²) in [4.78, 5) is 24.4. The molecule has 13 heteroatoms. The fourth-order valence-corrected chi connectivity index (χ4v) is 3.97. The SMILES string of the molecule is COc1ccccc1Nc1nc(N)nc(COC(=O)[C@H](C)NS(=O)(=O)c2ccc(Cl)cc2)n1. The van der Waals surface area contributed by atoms with Gasteiger partial charge in [-0.25, -0.2) is 8.42 Å². The lowest BCUT2D eigenvalue weighted by atomic mass is 10.3. The Balaban J connectivity index is 1.64. The molecule has 174 valence electrons. The number of aromatic nitrogens is 3. The van der Waals surface area contributed by atoms with Gasteiger partial charge in [0.2, 0.25) is 21.9 Å². The normalized spacial score (nSPS) is 12.1. The maximum atomic E-state index is 12.4. The van der Waals surface area contributed by atoms with Crippen molar-refractivity contribution in [3.8, 4) is 5.75 Å². The first-order valence-electron chi connectivity index (χ1n) is 9.53. The summed E-state index contributed by atoms with van der Waals surface area (Å²) in [5, 5.41) is 3.35. The van der Waals surface area contributed by atoms with Crippen LogP contribution in [0.15, 0.2) is 53.4 Å². The van der Waals surface area contributed by atoms with Gasteiger partial charge in [-0.05, 0) is 43.3 Å². The molecule has 0 amide bonds. The minimum atomic E-state index is -3.95. The first-order valence-corrected chi connectivity index (χ1v) is 11.4. The predicted molar refractivity (Wildman–Crippen MR) is 122 cm³/mol. The van der Waals surface area contributed by atoms with Crippen LogP contribution in [0.4, 0.5) is 17.6 Å². The minimum absolute atomic E-state index is 0.0381. The topological polar surface area (TPSA) is 158 Å². The van der Waals surface area contributed by atoms with Gasteiger partial charge in [0.15, 0.2) is 12.4 Å². The first kappa shape index (κ1) is 24.2. The second kappa shape index (κ2) is 10.4. The summed E-state index contributed by atoms with van der Waals surface area (Å²) in [5.74, 6) is -0.169. The highest BCUT2D eigenvalue weighted by atomic mass is 35.5. The molecule has 0 aliphatic rings. The molecule has 3 aromatic rings. The summed E-state index contributed by atoms with van der Waals surface area (Å²) in [5.41, 5.74) is 6.33. The molecule has 0 saturated carbocycles. The number of halogens is 1. The van der Waals surface area contributed by atoms with Gasteiger partial charge in [0, 0.05) is 5.02 Å². The molecule has 0 aliphatic heterocycles. The van der Waals surface area contributed by atoms with E-state index in [1.54, 1.807) is 24.3 Å². The van der Waals surface area contributed by atoms with Crippen molar-refractivity contribution in [2.24, 2.45) is 0 Å². The molecule has 2 aromatic carbocycles. The van der Waals surface area contributed by atoms with E-state index >= 15 is 0 Å². The first-order chi connectivity index (χ1) is 15.7. The van der Waals surface area contributed by atoms with Gasteiger partial charge in [0.25, 0.3) is 0 Å². The molecule has 1 atom stereocenters. The zero-order valence-electron chi connectivity index (χ0n) is 17.6. The zero-order valence-corrected chi connectivity index (χ0v) is 19.2. The van der Waals surface area contributed by atoms with E-state index in [0.717, 1.165) is 0 Å². The fourth-order valence-electron chi connectivity index (χ4n) is 2.65. The number of nitrogen functional groups attached to an aromatic ring is 1. The second-order valence-electron chi connectivity index (χ2n) is 6.66. The average molecular weight is 493 g/mol. The Bertz CT molecular complexity index is 1240. The zero-order chi connectivity index (χ0) is 24.0. The van der Waals surface area contributed by atoms with E-state index < -0.39 is 22.0 Å². The van der Waals surface area contributed by atoms with Gasteiger partial charge in [-0.15, -0.1) is 0 Å². The molecule has 4 N–H and O–H groups in total. The Hall–Kier alpha value is -3.48. The fraction of sp³-hybridized carbons (Fsp3) is 0.200. The van der Waals surface area contributed by atoms with Crippen molar-refractivity contribution in [2.75, 3.05) is 18.2 Å². The van der Waals surface area contributed by atoms with Crippen LogP contribution >= 0.6 is 11.6 Å². The van der Waals surface area contributed by atoms with Crippen LogP contribution in [0.1, 0.15) is 12.7 Å². The smallest absolute Gasteiger partial charge is 0.324 e. The van der Waals surface area contributed by atoms with Crippen LogP contribution < -0.4 is 20.5 Å². The number of esters is 1. The Morgan fingerprint density at radius 3 is 2.52 bits per heavy atom. The van der Waals surface area contributed by atoms with Crippen molar-refractivity contribution in [2.45, 2.75) is 24.5 Å². The number of carbonyl (C=O) groups excluding carboxylic acids is 1. The molecule has 0 bridgehead atoms. The van der Waals surface area contributed by atoms with Crippen LogP contribution in [-0.2, 0) is 26.2 Å². The van der Waals surface area contributed by atoms with Crippen LogP contribution in [-0.4, -0.2) is 42.5 Å². The number of hydrogen-bond donors (Lipinski definition) is 3. The number of rotatable bonds is 9. The van der Waals surface area contributed by atoms with Crippen LogP contribution in [0, 0.1) is 0 Å². The van der Waals surface area contributed by atoms with Gasteiger partial charge in [-0.2, -0.15) is 19.7 Å². The number of nitrogens with two attached hydrogens (primary N) is 1. The van der Waals surface area contributed by atoms with Crippen molar-refractivity contribution in [3.05, 3.63) is 59.4 Å². The van der Waals surface area contributed by atoms with E-state index in [0.29, 0.717) is 16.5 Å². The van der Waals surface area contributed by atoms with Gasteiger partial charge in [-0.3, -0.25) is 4.79 Å². The Labute approximate surface area is 195 Å². The van der Waals surface area contributed by atoms with E-state index in [1.807, 2.05) is 0 Å². The average Bonchev–Trinajstić information content (AvgIpc) is 2.77. The Morgan fingerprint density at radius 1 is 1.12 bits per heavy atom. The molecule has 0 fully saturated rings. The predicted octanol–water partition coefficient (Wildman–Crippen LogP) is 2.27. The van der Waals surface area contributed by atoms with Crippen LogP contribution in [0.3, 0.4) is 0 Å². The van der Waals surface area contributed by atoms with E-state index in [1.165, 1.54) is 38.3 Å². The maximum absolute atomic E-state index is 12.4. The summed E-state index contributed by atoms with van der Waals surface area (Å²) in [6, 6.07) is 11.5. The number of ether oxygens (including phenoxy) is 2. The summed E-state index contributed by atoms with van der Waals surface area (Å²) in [6.45, 7) is 1.01. The number of methoxy groups -OCH3 is 1. The van der Waals surface area contributed by atoms with Gasteiger partial charge in [0.1, 0.15) is 11.8 Å². The minimum Gasteiger partial charge on any atom is -0.495 e. The Kier molecular flexibility index (Phi) is 7.63. The van der Waals surface area contributed by atoms with E-state index in [2.05, 4.69) is 25.0 Å². The molecule has 33 heavy (non-hydrogen) atoms. The lowest BCUT2D eigenvalue weighted by Crippen LogP contribution is -2.39. The molecule has 3 rings (SSSR count). The van der Waals surface area contributed by atoms with Gasteiger partial charge < -0.3 is 20.5 Å². The molecule has 1 heterocycles. The molecule has 0 radical (unpaired) electrons. The highest BCUT2D eigenvalue weighted by Crippen LogP contribution is 2.25. The van der Waals surface area contributed by atoms with Crippen molar-refractivity contribution in [3.63, 3.8) is 0 Å². The molecule has 0 spiro atoms. The maximum Gasteiger partial charge on any atom is 0.324 e. The van der Waals surface area contributed by atoms with Crippen molar-refractivity contribution >= 4 is 45.2 Å². The molecular weight excluding hydrogens is 472 g/mol. The lowest BCUT2D eigenvalue weighted by Gasteiger charge is -2.14. The number of para-hydroxylation sites is 2. The van der Waals surface area contributed by atoms with Gasteiger partial charge in [-0.1, -0.05) is 23.7 Å². The van der Waals surface area contributed by atoms with Gasteiger partial charge in [0.05, 0.1) is 17.7 Å². The number of hydrogen-bond acceptors (Lipinski definition) is 10. The van der Waals surface area contributed by atoms with E-state index in [9.17, 15) is 13.2 Å². The standard InChI is InChI=1S/C20H21ClN6O5S/c1-12(27-33(29,30)14-9-7-13(21)8-10-14)18(28)32-11-17-24-19(22)26-20(25-17)23-15-5-3-4-6-16(15)31-2/h3-10,12,27H,11H2,1-2H3,(H3,22,23,24,25,26)/t12-/m0/s1. The number of benzene rings is 2. The van der Waals surface area contributed by atoms with Crippen LogP contribution in [0.25, 0.3) is 0 Å². The number of sulfonamides is 1. The van der Waals surface area contributed by atoms with Crippen LogP contribution in [0.2, 0.25) is 5.02 Å². The number of nitrogens with one attached hydrogen (secondary N) is 2. The molecule has 0 saturated heterocycles. The largest absolute Gasteiger partial charge is 0.495 e. The quantitative estimate of drug-likeness (QED) is 0.378. The third kappa shape index (κ3) is 6.51. The van der Waals surface area contributed by atoms with Crippen molar-refractivity contribution in [1.29, 1.82) is 0 Å². The summed E-state index contributed by atoms with van der Waals surface area (Å²) < 4.78 is 37.5. The number of carbonyl (C=O) groups is 1. The monoisotopic (exact) mass is 492 g/mol. The highest BCUT2D eigenvalue weighted by Gasteiger charge is 2.23. The summed E-state index contributed by atoms with van der Waals surface area (Å²) in [7, 11) is -2.43. The molecule has 0 aliphatic carbocycles. The van der Waals surface area contributed by atoms with Crippen LogP contribution in [0.5, 0.6) is 5.75 Å². The summed E-state index contributed by atoms with van der Waals surface area (Å²) in [6.07, 6.45) is 0. The third-order valence-electron chi connectivity index (χ3n) is 4.21. The van der Waals surface area contributed by atoms with E-state index in [4.69, 9.17) is 26.8 Å².